The largest absolute Gasteiger partial charge is 0.371 e. The van der Waals surface area contributed by atoms with Crippen molar-refractivity contribution in [3.05, 3.63) is 23.8 Å². The molecule has 0 bridgehead atoms. The van der Waals surface area contributed by atoms with Gasteiger partial charge in [-0.2, -0.15) is 0 Å². The lowest BCUT2D eigenvalue weighted by molar-refractivity contribution is -0.114. The molecule has 27 heavy (non-hydrogen) atoms. The Bertz CT molecular complexity index is 635. The second-order valence-electron chi connectivity index (χ2n) is 7.37. The van der Waals surface area contributed by atoms with Crippen LogP contribution in [0, 0.1) is 5.92 Å². The molecule has 1 aromatic rings. The van der Waals surface area contributed by atoms with Crippen LogP contribution in [0.3, 0.4) is 0 Å². The van der Waals surface area contributed by atoms with E-state index < -0.39 is 0 Å². The van der Waals surface area contributed by atoms with Gasteiger partial charge in [-0.1, -0.05) is 20.8 Å². The standard InChI is InChI=1S/C21H34N4O2/c1-5-24(6-2)14-11-22-21(27)19-15-18(23-17(4)26)7-8-20(19)25-12-9-16(3)10-13-25/h7-8,15-16H,5-6,9-14H2,1-4H3,(H,22,27)(H,23,26). The first-order chi connectivity index (χ1) is 12.9. The Morgan fingerprint density at radius 3 is 2.44 bits per heavy atom. The quantitative estimate of drug-likeness (QED) is 0.734. The lowest BCUT2D eigenvalue weighted by Crippen LogP contribution is -2.37. The van der Waals surface area contributed by atoms with Crippen LogP contribution in [-0.4, -0.2) is 56.0 Å². The molecule has 1 fully saturated rings. The van der Waals surface area contributed by atoms with Crippen LogP contribution in [0.2, 0.25) is 0 Å². The molecular formula is C21H34N4O2. The SMILES string of the molecule is CCN(CC)CCNC(=O)c1cc(NC(C)=O)ccc1N1CCC(C)CC1. The number of piperidine rings is 1. The molecule has 6 nitrogen and oxygen atoms in total. The lowest BCUT2D eigenvalue weighted by Gasteiger charge is -2.33. The van der Waals surface area contributed by atoms with E-state index in [-0.39, 0.29) is 11.8 Å². The van der Waals surface area contributed by atoms with Crippen molar-refractivity contribution in [1.29, 1.82) is 0 Å². The van der Waals surface area contributed by atoms with Crippen molar-refractivity contribution in [3.8, 4) is 0 Å². The summed E-state index contributed by atoms with van der Waals surface area (Å²) in [6, 6.07) is 5.63. The van der Waals surface area contributed by atoms with E-state index in [0.29, 0.717) is 17.8 Å². The van der Waals surface area contributed by atoms with E-state index in [1.54, 1.807) is 6.07 Å². The number of nitrogens with one attached hydrogen (secondary N) is 2. The van der Waals surface area contributed by atoms with E-state index in [9.17, 15) is 9.59 Å². The van der Waals surface area contributed by atoms with Crippen LogP contribution in [0.5, 0.6) is 0 Å². The number of hydrogen-bond acceptors (Lipinski definition) is 4. The number of hydrogen-bond donors (Lipinski definition) is 2. The zero-order valence-corrected chi connectivity index (χ0v) is 17.2. The van der Waals surface area contributed by atoms with Crippen LogP contribution in [0.4, 0.5) is 11.4 Å². The summed E-state index contributed by atoms with van der Waals surface area (Å²) in [6.45, 7) is 13.3. The van der Waals surface area contributed by atoms with E-state index in [1.807, 2.05) is 12.1 Å². The number of carbonyl (C=O) groups excluding carboxylic acids is 2. The van der Waals surface area contributed by atoms with Crippen molar-refractivity contribution in [2.24, 2.45) is 5.92 Å². The van der Waals surface area contributed by atoms with Crippen molar-refractivity contribution in [2.75, 3.05) is 49.5 Å². The molecule has 0 saturated carbocycles. The number of rotatable bonds is 8. The smallest absolute Gasteiger partial charge is 0.253 e. The summed E-state index contributed by atoms with van der Waals surface area (Å²) in [4.78, 5) is 28.9. The third-order valence-electron chi connectivity index (χ3n) is 5.29. The molecular weight excluding hydrogens is 340 g/mol. The summed E-state index contributed by atoms with van der Waals surface area (Å²) in [6.07, 6.45) is 2.27. The van der Waals surface area contributed by atoms with Crippen LogP contribution in [-0.2, 0) is 4.79 Å². The summed E-state index contributed by atoms with van der Waals surface area (Å²) in [5.74, 6) is 0.511. The molecule has 0 aliphatic carbocycles. The number of nitrogens with zero attached hydrogens (tertiary/aromatic N) is 2. The molecule has 1 aliphatic heterocycles. The number of anilines is 2. The first-order valence-corrected chi connectivity index (χ1v) is 10.1. The van der Waals surface area contributed by atoms with Crippen molar-refractivity contribution >= 4 is 23.2 Å². The third-order valence-corrected chi connectivity index (χ3v) is 5.29. The Labute approximate surface area is 163 Å². The number of likely N-dealkylation sites (N-methyl/N-ethyl adjacent to an activating group) is 1. The van der Waals surface area contributed by atoms with Gasteiger partial charge >= 0.3 is 0 Å². The highest BCUT2D eigenvalue weighted by Gasteiger charge is 2.21. The van der Waals surface area contributed by atoms with Crippen LogP contribution in [0.1, 0.15) is 50.9 Å². The topological polar surface area (TPSA) is 64.7 Å². The first kappa shape index (κ1) is 21.2. The van der Waals surface area contributed by atoms with Gasteiger partial charge in [0.1, 0.15) is 0 Å². The molecule has 1 aliphatic rings. The molecule has 0 aromatic heterocycles. The van der Waals surface area contributed by atoms with Gasteiger partial charge in [0.25, 0.3) is 5.91 Å². The minimum Gasteiger partial charge on any atom is -0.371 e. The molecule has 6 heteroatoms. The van der Waals surface area contributed by atoms with Crippen molar-refractivity contribution in [3.63, 3.8) is 0 Å². The highest BCUT2D eigenvalue weighted by molar-refractivity contribution is 6.02. The fraction of sp³-hybridized carbons (Fsp3) is 0.619. The molecule has 150 valence electrons. The van der Waals surface area contributed by atoms with Gasteiger partial charge in [-0.15, -0.1) is 0 Å². The number of amides is 2. The maximum atomic E-state index is 12.9. The van der Waals surface area contributed by atoms with Gasteiger partial charge in [0.2, 0.25) is 5.91 Å². The van der Waals surface area contributed by atoms with Gasteiger partial charge in [-0.3, -0.25) is 9.59 Å². The fourth-order valence-corrected chi connectivity index (χ4v) is 3.49. The van der Waals surface area contributed by atoms with Crippen molar-refractivity contribution < 1.29 is 9.59 Å². The Hall–Kier alpha value is -2.08. The molecule has 0 spiro atoms. The van der Waals surface area contributed by atoms with Gasteiger partial charge in [0.05, 0.1) is 5.56 Å². The molecule has 1 heterocycles. The predicted octanol–water partition coefficient (Wildman–Crippen LogP) is 2.95. The monoisotopic (exact) mass is 374 g/mol. The van der Waals surface area contributed by atoms with E-state index in [4.69, 9.17) is 0 Å². The summed E-state index contributed by atoms with van der Waals surface area (Å²) >= 11 is 0. The van der Waals surface area contributed by atoms with E-state index >= 15 is 0 Å². The molecule has 2 amide bonds. The summed E-state index contributed by atoms with van der Waals surface area (Å²) in [5, 5.41) is 5.83. The normalized spacial score (nSPS) is 15.1. The number of carbonyl (C=O) groups is 2. The molecule has 2 N–H and O–H groups in total. The Morgan fingerprint density at radius 1 is 1.19 bits per heavy atom. The average Bonchev–Trinajstić information content (AvgIpc) is 2.65. The van der Waals surface area contributed by atoms with Crippen LogP contribution in [0.15, 0.2) is 18.2 Å². The number of benzene rings is 1. The first-order valence-electron chi connectivity index (χ1n) is 10.1. The predicted molar refractivity (Wildman–Crippen MR) is 111 cm³/mol. The van der Waals surface area contributed by atoms with E-state index in [2.05, 4.69) is 41.2 Å². The maximum absolute atomic E-state index is 12.9. The molecule has 0 atom stereocenters. The second kappa shape index (κ2) is 10.3. The maximum Gasteiger partial charge on any atom is 0.253 e. The fourth-order valence-electron chi connectivity index (χ4n) is 3.49. The van der Waals surface area contributed by atoms with Gasteiger partial charge in [-0.05, 0) is 50.0 Å². The molecule has 1 saturated heterocycles. The van der Waals surface area contributed by atoms with Gasteiger partial charge in [0, 0.05) is 44.5 Å². The zero-order valence-electron chi connectivity index (χ0n) is 17.2. The minimum atomic E-state index is -0.137. The Morgan fingerprint density at radius 2 is 1.85 bits per heavy atom. The van der Waals surface area contributed by atoms with Crippen molar-refractivity contribution in [2.45, 2.75) is 40.5 Å². The molecule has 0 unspecified atom stereocenters. The molecule has 1 aromatic carbocycles. The Kier molecular flexibility index (Phi) is 8.10. The van der Waals surface area contributed by atoms with E-state index in [1.165, 1.54) is 6.92 Å². The van der Waals surface area contributed by atoms with E-state index in [0.717, 1.165) is 57.2 Å². The lowest BCUT2D eigenvalue weighted by atomic mass is 9.98. The van der Waals surface area contributed by atoms with Crippen LogP contribution >= 0.6 is 0 Å². The Balaban J connectivity index is 2.16. The average molecular weight is 375 g/mol. The van der Waals surface area contributed by atoms with Crippen LogP contribution in [0.25, 0.3) is 0 Å². The zero-order chi connectivity index (χ0) is 19.8. The van der Waals surface area contributed by atoms with Crippen LogP contribution < -0.4 is 15.5 Å². The van der Waals surface area contributed by atoms with Gasteiger partial charge in [-0.25, -0.2) is 0 Å². The highest BCUT2D eigenvalue weighted by Crippen LogP contribution is 2.28. The van der Waals surface area contributed by atoms with Gasteiger partial charge < -0.3 is 20.4 Å². The summed E-state index contributed by atoms with van der Waals surface area (Å²) < 4.78 is 0. The summed E-state index contributed by atoms with van der Waals surface area (Å²) in [7, 11) is 0. The highest BCUT2D eigenvalue weighted by atomic mass is 16.2. The second-order valence-corrected chi connectivity index (χ2v) is 7.37. The van der Waals surface area contributed by atoms with Crippen molar-refractivity contribution in [1.82, 2.24) is 10.2 Å². The molecule has 0 radical (unpaired) electrons. The third kappa shape index (κ3) is 6.24. The summed E-state index contributed by atoms with van der Waals surface area (Å²) in [5.41, 5.74) is 2.25. The minimum absolute atomic E-state index is 0.0806. The molecule has 2 rings (SSSR count). The van der Waals surface area contributed by atoms with Gasteiger partial charge in [0.15, 0.2) is 0 Å².